The Bertz CT molecular complexity index is 782. The second-order valence-electron chi connectivity index (χ2n) is 5.49. The first kappa shape index (κ1) is 15.7. The number of benzene rings is 2. The Hall–Kier alpha value is -2.14. The number of hydrogen-bond donors (Lipinski definition) is 0. The van der Waals surface area contributed by atoms with Crippen LogP contribution in [0.1, 0.15) is 31.2 Å². The van der Waals surface area contributed by atoms with E-state index in [1.54, 1.807) is 0 Å². The lowest BCUT2D eigenvalue weighted by molar-refractivity contribution is 0.264. The topological polar surface area (TPSA) is 48.2 Å². The molecule has 3 rings (SSSR count). The smallest absolute Gasteiger partial charge is 0.254 e. The average Bonchev–Trinajstić information content (AvgIpc) is 3.02. The Morgan fingerprint density at radius 3 is 2.48 bits per heavy atom. The minimum Gasteiger partial charge on any atom is -0.484 e. The summed E-state index contributed by atoms with van der Waals surface area (Å²) in [5, 5.41) is 8.10. The third-order valence-electron chi connectivity index (χ3n) is 3.48. The van der Waals surface area contributed by atoms with E-state index in [0.29, 0.717) is 17.7 Å². The van der Waals surface area contributed by atoms with Gasteiger partial charge in [0.15, 0.2) is 6.61 Å². The molecule has 1 heterocycles. The molecule has 0 saturated heterocycles. The van der Waals surface area contributed by atoms with Gasteiger partial charge in [-0.3, -0.25) is 0 Å². The van der Waals surface area contributed by atoms with Gasteiger partial charge in [-0.2, -0.15) is 0 Å². The highest BCUT2D eigenvalue weighted by Gasteiger charge is 2.11. The van der Waals surface area contributed by atoms with Crippen molar-refractivity contribution >= 4 is 15.9 Å². The van der Waals surface area contributed by atoms with Crippen molar-refractivity contribution in [3.8, 4) is 17.2 Å². The van der Waals surface area contributed by atoms with Crippen LogP contribution in [0.3, 0.4) is 0 Å². The van der Waals surface area contributed by atoms with Gasteiger partial charge in [-0.05, 0) is 51.7 Å². The summed E-state index contributed by atoms with van der Waals surface area (Å²) in [6, 6.07) is 15.8. The molecule has 118 valence electrons. The summed E-state index contributed by atoms with van der Waals surface area (Å²) in [6.45, 7) is 4.58. The van der Waals surface area contributed by atoms with Crippen molar-refractivity contribution in [3.63, 3.8) is 0 Å². The molecular formula is C18H17BrN2O2. The maximum absolute atomic E-state index is 5.70. The molecule has 0 spiro atoms. The Kier molecular flexibility index (Phi) is 4.76. The van der Waals surface area contributed by atoms with Crippen LogP contribution in [0, 0.1) is 0 Å². The van der Waals surface area contributed by atoms with Gasteiger partial charge >= 0.3 is 0 Å². The molecule has 0 aliphatic carbocycles. The van der Waals surface area contributed by atoms with E-state index in [1.165, 1.54) is 5.56 Å². The molecule has 5 heteroatoms. The number of halogens is 1. The molecule has 1 aromatic heterocycles. The van der Waals surface area contributed by atoms with Gasteiger partial charge in [0.1, 0.15) is 5.75 Å². The van der Waals surface area contributed by atoms with Gasteiger partial charge in [-0.25, -0.2) is 0 Å². The Morgan fingerprint density at radius 2 is 1.78 bits per heavy atom. The third kappa shape index (κ3) is 3.79. The third-order valence-corrected chi connectivity index (χ3v) is 4.17. The molecule has 2 aromatic carbocycles. The highest BCUT2D eigenvalue weighted by Crippen LogP contribution is 2.27. The first-order valence-corrected chi connectivity index (χ1v) is 8.23. The van der Waals surface area contributed by atoms with Crippen LogP contribution in [0.15, 0.2) is 57.4 Å². The number of hydrogen-bond acceptors (Lipinski definition) is 4. The number of aromatic nitrogens is 2. The second-order valence-corrected chi connectivity index (χ2v) is 6.35. The molecule has 4 nitrogen and oxygen atoms in total. The van der Waals surface area contributed by atoms with Gasteiger partial charge in [0.05, 0.1) is 5.56 Å². The standard InChI is InChI=1S/C18H17BrN2O2/c1-12(2)13-7-9-14(10-8-13)22-11-17-20-21-18(23-17)15-5-3-4-6-16(15)19/h3-10,12H,11H2,1-2H3. The summed E-state index contributed by atoms with van der Waals surface area (Å²) in [5.74, 6) is 2.22. The summed E-state index contributed by atoms with van der Waals surface area (Å²) >= 11 is 3.48. The maximum Gasteiger partial charge on any atom is 0.254 e. The van der Waals surface area contributed by atoms with Crippen LogP contribution in [0.4, 0.5) is 0 Å². The van der Waals surface area contributed by atoms with Gasteiger partial charge in [-0.1, -0.05) is 38.1 Å². The monoisotopic (exact) mass is 372 g/mol. The minimum absolute atomic E-state index is 0.248. The zero-order chi connectivity index (χ0) is 16.2. The molecule has 0 atom stereocenters. The quantitative estimate of drug-likeness (QED) is 0.617. The summed E-state index contributed by atoms with van der Waals surface area (Å²) < 4.78 is 12.3. The normalized spacial score (nSPS) is 11.0. The lowest BCUT2D eigenvalue weighted by atomic mass is 10.0. The van der Waals surface area contributed by atoms with E-state index >= 15 is 0 Å². The molecule has 0 amide bonds. The number of nitrogens with zero attached hydrogens (tertiary/aromatic N) is 2. The van der Waals surface area contributed by atoms with E-state index in [0.717, 1.165) is 15.8 Å². The van der Waals surface area contributed by atoms with Crippen LogP contribution in [0.5, 0.6) is 5.75 Å². The lowest BCUT2D eigenvalue weighted by Crippen LogP contribution is -1.96. The number of ether oxygens (including phenoxy) is 1. The van der Waals surface area contributed by atoms with Crippen molar-refractivity contribution < 1.29 is 9.15 Å². The van der Waals surface area contributed by atoms with Gasteiger partial charge in [0.25, 0.3) is 5.89 Å². The highest BCUT2D eigenvalue weighted by molar-refractivity contribution is 9.10. The van der Waals surface area contributed by atoms with Crippen molar-refractivity contribution in [2.75, 3.05) is 0 Å². The van der Waals surface area contributed by atoms with Crippen LogP contribution >= 0.6 is 15.9 Å². The maximum atomic E-state index is 5.70. The molecule has 0 unspecified atom stereocenters. The lowest BCUT2D eigenvalue weighted by Gasteiger charge is -2.07. The van der Waals surface area contributed by atoms with Crippen molar-refractivity contribution in [1.29, 1.82) is 0 Å². The van der Waals surface area contributed by atoms with E-state index < -0.39 is 0 Å². The average molecular weight is 373 g/mol. The van der Waals surface area contributed by atoms with E-state index in [4.69, 9.17) is 9.15 Å². The molecule has 0 radical (unpaired) electrons. The molecular weight excluding hydrogens is 356 g/mol. The largest absolute Gasteiger partial charge is 0.484 e. The predicted molar refractivity (Wildman–Crippen MR) is 92.3 cm³/mol. The Morgan fingerprint density at radius 1 is 1.04 bits per heavy atom. The molecule has 0 saturated carbocycles. The summed E-state index contributed by atoms with van der Waals surface area (Å²) in [7, 11) is 0. The molecule has 0 aliphatic heterocycles. The van der Waals surface area contributed by atoms with Gasteiger partial charge in [-0.15, -0.1) is 10.2 Å². The number of rotatable bonds is 5. The fourth-order valence-electron chi connectivity index (χ4n) is 2.15. The Balaban J connectivity index is 1.67. The van der Waals surface area contributed by atoms with Crippen LogP contribution < -0.4 is 4.74 Å². The SMILES string of the molecule is CC(C)c1ccc(OCc2nnc(-c3ccccc3Br)o2)cc1. The van der Waals surface area contributed by atoms with Crippen molar-refractivity contribution in [2.45, 2.75) is 26.4 Å². The first-order chi connectivity index (χ1) is 11.1. The van der Waals surface area contributed by atoms with E-state index in [1.807, 2.05) is 36.4 Å². The minimum atomic E-state index is 0.248. The molecule has 0 aliphatic rings. The molecule has 0 fully saturated rings. The predicted octanol–water partition coefficient (Wildman–Crippen LogP) is 5.20. The van der Waals surface area contributed by atoms with Crippen LogP contribution in [0.2, 0.25) is 0 Å². The zero-order valence-corrected chi connectivity index (χ0v) is 14.6. The van der Waals surface area contributed by atoms with Crippen molar-refractivity contribution in [1.82, 2.24) is 10.2 Å². The molecule has 0 N–H and O–H groups in total. The molecule has 23 heavy (non-hydrogen) atoms. The second kappa shape index (κ2) is 6.96. The van der Waals surface area contributed by atoms with Crippen LogP contribution in [-0.4, -0.2) is 10.2 Å². The molecule has 0 bridgehead atoms. The van der Waals surface area contributed by atoms with Crippen molar-refractivity contribution in [3.05, 3.63) is 64.5 Å². The highest BCUT2D eigenvalue weighted by atomic mass is 79.9. The fourth-order valence-corrected chi connectivity index (χ4v) is 2.60. The fraction of sp³-hybridized carbons (Fsp3) is 0.222. The summed E-state index contributed by atoms with van der Waals surface area (Å²) in [6.07, 6.45) is 0. The van der Waals surface area contributed by atoms with Gasteiger partial charge in [0.2, 0.25) is 5.89 Å². The van der Waals surface area contributed by atoms with Gasteiger partial charge in [0, 0.05) is 4.47 Å². The zero-order valence-electron chi connectivity index (χ0n) is 13.0. The van der Waals surface area contributed by atoms with Gasteiger partial charge < -0.3 is 9.15 Å². The summed E-state index contributed by atoms with van der Waals surface area (Å²) in [4.78, 5) is 0. The van der Waals surface area contributed by atoms with Crippen LogP contribution in [-0.2, 0) is 6.61 Å². The van der Waals surface area contributed by atoms with E-state index in [-0.39, 0.29) is 6.61 Å². The van der Waals surface area contributed by atoms with E-state index in [9.17, 15) is 0 Å². The van der Waals surface area contributed by atoms with E-state index in [2.05, 4.69) is 52.1 Å². The molecule has 3 aromatic rings. The van der Waals surface area contributed by atoms with Crippen LogP contribution in [0.25, 0.3) is 11.5 Å². The van der Waals surface area contributed by atoms with Crippen molar-refractivity contribution in [2.24, 2.45) is 0 Å². The first-order valence-electron chi connectivity index (χ1n) is 7.43. The summed E-state index contributed by atoms with van der Waals surface area (Å²) in [5.41, 5.74) is 2.15. The Labute approximate surface area is 143 Å².